The SMILES string of the molecule is COc1ccc(C#N)cc1CNC(C)c1cccs1. The van der Waals surface area contributed by atoms with Gasteiger partial charge in [-0.15, -0.1) is 11.3 Å². The van der Waals surface area contributed by atoms with E-state index < -0.39 is 0 Å². The van der Waals surface area contributed by atoms with E-state index in [0.29, 0.717) is 12.1 Å². The average Bonchev–Trinajstić information content (AvgIpc) is 2.98. The third kappa shape index (κ3) is 3.34. The minimum Gasteiger partial charge on any atom is -0.496 e. The summed E-state index contributed by atoms with van der Waals surface area (Å²) in [4.78, 5) is 1.30. The summed E-state index contributed by atoms with van der Waals surface area (Å²) in [5.74, 6) is 0.810. The fourth-order valence-corrected chi connectivity index (χ4v) is 2.65. The third-order valence-corrected chi connectivity index (χ3v) is 4.03. The second-order valence-electron chi connectivity index (χ2n) is 4.26. The number of hydrogen-bond donors (Lipinski definition) is 1. The molecule has 1 heterocycles. The van der Waals surface area contributed by atoms with Gasteiger partial charge >= 0.3 is 0 Å². The van der Waals surface area contributed by atoms with Crippen molar-refractivity contribution in [1.82, 2.24) is 5.32 Å². The largest absolute Gasteiger partial charge is 0.496 e. The van der Waals surface area contributed by atoms with Gasteiger partial charge in [0.05, 0.1) is 18.7 Å². The summed E-state index contributed by atoms with van der Waals surface area (Å²) in [6.45, 7) is 2.81. The van der Waals surface area contributed by atoms with Crippen LogP contribution in [0, 0.1) is 11.3 Å². The molecule has 1 unspecified atom stereocenters. The highest BCUT2D eigenvalue weighted by molar-refractivity contribution is 7.10. The van der Waals surface area contributed by atoms with Crippen molar-refractivity contribution in [1.29, 1.82) is 5.26 Å². The van der Waals surface area contributed by atoms with Gasteiger partial charge in [0.15, 0.2) is 0 Å². The Morgan fingerprint density at radius 3 is 2.89 bits per heavy atom. The van der Waals surface area contributed by atoms with E-state index in [9.17, 15) is 0 Å². The molecule has 0 fully saturated rings. The van der Waals surface area contributed by atoms with Gasteiger partial charge in [-0.3, -0.25) is 0 Å². The lowest BCUT2D eigenvalue weighted by Gasteiger charge is -2.14. The lowest BCUT2D eigenvalue weighted by molar-refractivity contribution is 0.406. The van der Waals surface area contributed by atoms with Gasteiger partial charge in [0.2, 0.25) is 0 Å². The van der Waals surface area contributed by atoms with E-state index in [1.165, 1.54) is 4.88 Å². The van der Waals surface area contributed by atoms with Crippen molar-refractivity contribution >= 4 is 11.3 Å². The maximum absolute atomic E-state index is 8.94. The molecular weight excluding hydrogens is 256 g/mol. The van der Waals surface area contributed by atoms with Gasteiger partial charge in [-0.1, -0.05) is 6.07 Å². The molecule has 3 nitrogen and oxygen atoms in total. The number of nitriles is 1. The summed E-state index contributed by atoms with van der Waals surface area (Å²) >= 11 is 1.74. The maximum Gasteiger partial charge on any atom is 0.123 e. The Morgan fingerprint density at radius 1 is 1.42 bits per heavy atom. The van der Waals surface area contributed by atoms with E-state index in [0.717, 1.165) is 11.3 Å². The van der Waals surface area contributed by atoms with Gasteiger partial charge in [0, 0.05) is 23.0 Å². The smallest absolute Gasteiger partial charge is 0.123 e. The number of rotatable bonds is 5. The molecule has 0 radical (unpaired) electrons. The van der Waals surface area contributed by atoms with Crippen molar-refractivity contribution in [2.45, 2.75) is 19.5 Å². The summed E-state index contributed by atoms with van der Waals surface area (Å²) in [6, 6.07) is 12.1. The van der Waals surface area contributed by atoms with Gasteiger partial charge < -0.3 is 10.1 Å². The lowest BCUT2D eigenvalue weighted by atomic mass is 10.1. The fourth-order valence-electron chi connectivity index (χ4n) is 1.89. The van der Waals surface area contributed by atoms with E-state index in [4.69, 9.17) is 10.00 Å². The molecule has 0 aliphatic rings. The standard InChI is InChI=1S/C15H16N2OS/c1-11(15-4-3-7-19-15)17-10-13-8-12(9-16)5-6-14(13)18-2/h3-8,11,17H,10H2,1-2H3. The van der Waals surface area contributed by atoms with Crippen LogP contribution in [0.3, 0.4) is 0 Å². The molecule has 2 rings (SSSR count). The number of nitrogens with one attached hydrogen (secondary N) is 1. The monoisotopic (exact) mass is 272 g/mol. The number of benzene rings is 1. The summed E-state index contributed by atoms with van der Waals surface area (Å²) in [5.41, 5.74) is 1.66. The van der Waals surface area contributed by atoms with Crippen LogP contribution in [0.4, 0.5) is 0 Å². The molecule has 4 heteroatoms. The molecule has 1 aromatic carbocycles. The Labute approximate surface area is 117 Å². The first kappa shape index (κ1) is 13.6. The molecule has 19 heavy (non-hydrogen) atoms. The van der Waals surface area contributed by atoms with E-state index >= 15 is 0 Å². The van der Waals surface area contributed by atoms with Crippen LogP contribution in [0.25, 0.3) is 0 Å². The van der Waals surface area contributed by atoms with Crippen molar-refractivity contribution in [3.8, 4) is 11.8 Å². The Hall–Kier alpha value is -1.83. The van der Waals surface area contributed by atoms with Crippen LogP contribution >= 0.6 is 11.3 Å². The van der Waals surface area contributed by atoms with Crippen molar-refractivity contribution in [2.75, 3.05) is 7.11 Å². The highest BCUT2D eigenvalue weighted by atomic mass is 32.1. The molecule has 0 bridgehead atoms. The molecule has 0 aliphatic heterocycles. The molecule has 2 aromatic rings. The first-order chi connectivity index (χ1) is 9.24. The van der Waals surface area contributed by atoms with E-state index in [1.807, 2.05) is 12.1 Å². The third-order valence-electron chi connectivity index (χ3n) is 2.98. The van der Waals surface area contributed by atoms with Crippen LogP contribution in [-0.4, -0.2) is 7.11 Å². The zero-order valence-electron chi connectivity index (χ0n) is 11.0. The lowest BCUT2D eigenvalue weighted by Crippen LogP contribution is -2.17. The normalized spacial score (nSPS) is 11.8. The van der Waals surface area contributed by atoms with Gasteiger partial charge in [0.25, 0.3) is 0 Å². The van der Waals surface area contributed by atoms with Crippen molar-refractivity contribution in [3.05, 3.63) is 51.7 Å². The molecule has 0 saturated carbocycles. The van der Waals surface area contributed by atoms with Gasteiger partial charge in [-0.05, 0) is 36.6 Å². The van der Waals surface area contributed by atoms with Crippen molar-refractivity contribution in [3.63, 3.8) is 0 Å². The highest BCUT2D eigenvalue weighted by Gasteiger charge is 2.09. The quantitative estimate of drug-likeness (QED) is 0.906. The Morgan fingerprint density at radius 2 is 2.26 bits per heavy atom. The van der Waals surface area contributed by atoms with Crippen LogP contribution in [0.1, 0.15) is 29.0 Å². The van der Waals surface area contributed by atoms with E-state index in [1.54, 1.807) is 24.5 Å². The molecule has 0 aliphatic carbocycles. The van der Waals surface area contributed by atoms with Crippen molar-refractivity contribution < 1.29 is 4.74 Å². The highest BCUT2D eigenvalue weighted by Crippen LogP contribution is 2.22. The predicted octanol–water partition coefficient (Wildman–Crippen LogP) is 3.48. The summed E-state index contributed by atoms with van der Waals surface area (Å²) in [6.07, 6.45) is 0. The van der Waals surface area contributed by atoms with Crippen LogP contribution in [0.15, 0.2) is 35.7 Å². The van der Waals surface area contributed by atoms with Crippen LogP contribution < -0.4 is 10.1 Å². The molecule has 0 spiro atoms. The number of nitrogens with zero attached hydrogens (tertiary/aromatic N) is 1. The Balaban J connectivity index is 2.08. The molecule has 0 saturated heterocycles. The topological polar surface area (TPSA) is 45.0 Å². The van der Waals surface area contributed by atoms with Crippen LogP contribution in [-0.2, 0) is 6.54 Å². The summed E-state index contributed by atoms with van der Waals surface area (Å²) in [5, 5.41) is 14.5. The van der Waals surface area contributed by atoms with Gasteiger partial charge in [0.1, 0.15) is 5.75 Å². The number of ether oxygens (including phenoxy) is 1. The van der Waals surface area contributed by atoms with Crippen LogP contribution in [0.2, 0.25) is 0 Å². The number of methoxy groups -OCH3 is 1. The molecule has 98 valence electrons. The zero-order valence-corrected chi connectivity index (χ0v) is 11.8. The number of thiophene rings is 1. The first-order valence-electron chi connectivity index (χ1n) is 6.08. The van der Waals surface area contributed by atoms with E-state index in [-0.39, 0.29) is 6.04 Å². The molecule has 0 amide bonds. The minimum atomic E-state index is 0.287. The Bertz CT molecular complexity index is 572. The molecule has 1 aromatic heterocycles. The zero-order chi connectivity index (χ0) is 13.7. The van der Waals surface area contributed by atoms with E-state index in [2.05, 4.69) is 35.8 Å². The van der Waals surface area contributed by atoms with Gasteiger partial charge in [-0.2, -0.15) is 5.26 Å². The molecule has 1 atom stereocenters. The van der Waals surface area contributed by atoms with Crippen LogP contribution in [0.5, 0.6) is 5.75 Å². The predicted molar refractivity (Wildman–Crippen MR) is 77.3 cm³/mol. The first-order valence-corrected chi connectivity index (χ1v) is 6.96. The van der Waals surface area contributed by atoms with Crippen molar-refractivity contribution in [2.24, 2.45) is 0 Å². The summed E-state index contributed by atoms with van der Waals surface area (Å²) in [7, 11) is 1.65. The van der Waals surface area contributed by atoms with Gasteiger partial charge in [-0.25, -0.2) is 0 Å². The average molecular weight is 272 g/mol. The second kappa shape index (κ2) is 6.37. The molecule has 1 N–H and O–H groups in total. The second-order valence-corrected chi connectivity index (χ2v) is 5.24. The minimum absolute atomic E-state index is 0.287. The molecular formula is C15H16N2OS. The fraction of sp³-hybridized carbons (Fsp3) is 0.267. The summed E-state index contributed by atoms with van der Waals surface area (Å²) < 4.78 is 5.32. The number of hydrogen-bond acceptors (Lipinski definition) is 4. The Kier molecular flexibility index (Phi) is 4.56. The maximum atomic E-state index is 8.94.